The topological polar surface area (TPSA) is 90.6 Å². The van der Waals surface area contributed by atoms with Crippen LogP contribution in [0.2, 0.25) is 0 Å². The fourth-order valence-electron chi connectivity index (χ4n) is 4.10. The molecule has 0 atom stereocenters. The van der Waals surface area contributed by atoms with Gasteiger partial charge in [0.1, 0.15) is 11.6 Å². The average Bonchev–Trinajstić information content (AvgIpc) is 2.81. The summed E-state index contributed by atoms with van der Waals surface area (Å²) >= 11 is 0. The lowest BCUT2D eigenvalue weighted by Crippen LogP contribution is -2.48. The number of piperazine rings is 1. The van der Waals surface area contributed by atoms with Crippen molar-refractivity contribution in [3.05, 3.63) is 59.9 Å². The number of nitrogen functional groups attached to an aromatic ring is 1. The van der Waals surface area contributed by atoms with Gasteiger partial charge in [-0.25, -0.2) is 9.97 Å². The standard InChI is InChI=1S/C25H33N7O/c1-30(2)12-6-11-27-24-21-9-3-4-10-22(21)28-23(29-24)18-31-13-15-32(16-14-31)25(33)19-7-5-8-20(26)17-19/h3-5,7-10,17H,6,11-16,18,26H2,1-2H3,(H,27,28,29). The van der Waals surface area contributed by atoms with E-state index in [1.807, 2.05) is 35.2 Å². The van der Waals surface area contributed by atoms with Crippen molar-refractivity contribution in [1.29, 1.82) is 0 Å². The van der Waals surface area contributed by atoms with Crippen molar-refractivity contribution in [2.24, 2.45) is 0 Å². The molecular formula is C25H33N7O. The van der Waals surface area contributed by atoms with Crippen molar-refractivity contribution >= 4 is 28.3 Å². The molecule has 0 saturated carbocycles. The van der Waals surface area contributed by atoms with E-state index < -0.39 is 0 Å². The lowest BCUT2D eigenvalue weighted by Gasteiger charge is -2.34. The number of nitrogens with zero attached hydrogens (tertiary/aromatic N) is 5. The third-order valence-corrected chi connectivity index (χ3v) is 5.88. The molecule has 3 aromatic rings. The van der Waals surface area contributed by atoms with E-state index in [-0.39, 0.29) is 5.91 Å². The molecule has 1 amide bonds. The Morgan fingerprint density at radius 1 is 1.06 bits per heavy atom. The monoisotopic (exact) mass is 447 g/mol. The first-order chi connectivity index (χ1) is 16.0. The largest absolute Gasteiger partial charge is 0.399 e. The van der Waals surface area contributed by atoms with Crippen LogP contribution in [0.1, 0.15) is 22.6 Å². The van der Waals surface area contributed by atoms with Crippen molar-refractivity contribution in [3.63, 3.8) is 0 Å². The van der Waals surface area contributed by atoms with Crippen LogP contribution in [-0.4, -0.2) is 83.9 Å². The van der Waals surface area contributed by atoms with Crippen LogP contribution in [0.15, 0.2) is 48.5 Å². The van der Waals surface area contributed by atoms with Gasteiger partial charge in [0.15, 0.2) is 0 Å². The molecule has 2 heterocycles. The third-order valence-electron chi connectivity index (χ3n) is 5.88. The van der Waals surface area contributed by atoms with Crippen LogP contribution >= 0.6 is 0 Å². The van der Waals surface area contributed by atoms with Crippen molar-refractivity contribution < 1.29 is 4.79 Å². The van der Waals surface area contributed by atoms with E-state index in [2.05, 4.69) is 35.3 Å². The molecular weight excluding hydrogens is 414 g/mol. The molecule has 1 fully saturated rings. The van der Waals surface area contributed by atoms with Crippen LogP contribution < -0.4 is 11.1 Å². The number of nitrogens with two attached hydrogens (primary N) is 1. The molecule has 3 N–H and O–H groups in total. The van der Waals surface area contributed by atoms with Gasteiger partial charge in [0.25, 0.3) is 5.91 Å². The summed E-state index contributed by atoms with van der Waals surface area (Å²) in [6.45, 7) is 5.49. The summed E-state index contributed by atoms with van der Waals surface area (Å²) in [4.78, 5) is 28.8. The number of anilines is 2. The van der Waals surface area contributed by atoms with Gasteiger partial charge in [0.2, 0.25) is 0 Å². The second-order valence-corrected chi connectivity index (χ2v) is 8.78. The van der Waals surface area contributed by atoms with Gasteiger partial charge in [-0.3, -0.25) is 9.69 Å². The minimum absolute atomic E-state index is 0.0353. The number of nitrogens with one attached hydrogen (secondary N) is 1. The van der Waals surface area contributed by atoms with Gasteiger partial charge in [-0.15, -0.1) is 0 Å². The van der Waals surface area contributed by atoms with Crippen molar-refractivity contribution in [2.75, 3.05) is 64.4 Å². The minimum Gasteiger partial charge on any atom is -0.399 e. The van der Waals surface area contributed by atoms with E-state index in [1.165, 1.54) is 0 Å². The first-order valence-corrected chi connectivity index (χ1v) is 11.5. The molecule has 0 unspecified atom stereocenters. The fraction of sp³-hybridized carbons (Fsp3) is 0.400. The predicted octanol–water partition coefficient (Wildman–Crippen LogP) is 2.53. The number of para-hydroxylation sites is 1. The van der Waals surface area contributed by atoms with Gasteiger partial charge in [0.05, 0.1) is 12.1 Å². The highest BCUT2D eigenvalue weighted by molar-refractivity contribution is 5.95. The van der Waals surface area contributed by atoms with Crippen LogP contribution in [0.4, 0.5) is 11.5 Å². The number of hydrogen-bond acceptors (Lipinski definition) is 7. The maximum atomic E-state index is 12.8. The predicted molar refractivity (Wildman–Crippen MR) is 133 cm³/mol. The Balaban J connectivity index is 1.39. The number of amides is 1. The number of benzene rings is 2. The molecule has 0 aliphatic carbocycles. The SMILES string of the molecule is CN(C)CCCNc1nc(CN2CCN(C(=O)c3cccc(N)c3)CC2)nc2ccccc12. The Morgan fingerprint density at radius 2 is 1.85 bits per heavy atom. The van der Waals surface area contributed by atoms with Crippen LogP contribution in [0.25, 0.3) is 10.9 Å². The highest BCUT2D eigenvalue weighted by Crippen LogP contribution is 2.21. The zero-order valence-corrected chi connectivity index (χ0v) is 19.5. The summed E-state index contributed by atoms with van der Waals surface area (Å²) in [6, 6.07) is 15.3. The quantitative estimate of drug-likeness (QED) is 0.405. The lowest BCUT2D eigenvalue weighted by atomic mass is 10.1. The van der Waals surface area contributed by atoms with E-state index in [9.17, 15) is 4.79 Å². The van der Waals surface area contributed by atoms with Crippen LogP contribution in [-0.2, 0) is 6.54 Å². The maximum Gasteiger partial charge on any atom is 0.254 e. The highest BCUT2D eigenvalue weighted by atomic mass is 16.2. The Kier molecular flexibility index (Phi) is 7.36. The number of carbonyl (C=O) groups excluding carboxylic acids is 1. The normalized spacial score (nSPS) is 14.7. The molecule has 33 heavy (non-hydrogen) atoms. The summed E-state index contributed by atoms with van der Waals surface area (Å²) in [6.07, 6.45) is 1.05. The summed E-state index contributed by atoms with van der Waals surface area (Å²) < 4.78 is 0. The van der Waals surface area contributed by atoms with Crippen LogP contribution in [0.5, 0.6) is 0 Å². The average molecular weight is 448 g/mol. The molecule has 1 aliphatic rings. The zero-order valence-electron chi connectivity index (χ0n) is 19.5. The van der Waals surface area contributed by atoms with Crippen molar-refractivity contribution in [2.45, 2.75) is 13.0 Å². The van der Waals surface area contributed by atoms with Gasteiger partial charge in [-0.1, -0.05) is 18.2 Å². The molecule has 1 aromatic heterocycles. The van der Waals surface area contributed by atoms with Gasteiger partial charge in [-0.05, 0) is 57.4 Å². The second kappa shape index (κ2) is 10.6. The number of rotatable bonds is 8. The lowest BCUT2D eigenvalue weighted by molar-refractivity contribution is 0.0625. The smallest absolute Gasteiger partial charge is 0.254 e. The first kappa shape index (κ1) is 22.9. The van der Waals surface area contributed by atoms with E-state index in [0.29, 0.717) is 30.9 Å². The van der Waals surface area contributed by atoms with Gasteiger partial charge >= 0.3 is 0 Å². The molecule has 0 bridgehead atoms. The molecule has 174 valence electrons. The Bertz CT molecular complexity index is 1090. The Morgan fingerprint density at radius 3 is 2.61 bits per heavy atom. The van der Waals surface area contributed by atoms with Crippen LogP contribution in [0.3, 0.4) is 0 Å². The number of fused-ring (bicyclic) bond motifs is 1. The molecule has 0 spiro atoms. The van der Waals surface area contributed by atoms with Crippen molar-refractivity contribution in [3.8, 4) is 0 Å². The number of carbonyl (C=O) groups is 1. The number of hydrogen-bond donors (Lipinski definition) is 2. The van der Waals surface area contributed by atoms with E-state index in [0.717, 1.165) is 55.1 Å². The zero-order chi connectivity index (χ0) is 23.2. The molecule has 8 heteroatoms. The summed E-state index contributed by atoms with van der Waals surface area (Å²) in [5.74, 6) is 1.73. The number of aromatic nitrogens is 2. The maximum absolute atomic E-state index is 12.8. The minimum atomic E-state index is 0.0353. The molecule has 1 aliphatic heterocycles. The van der Waals surface area contributed by atoms with E-state index >= 15 is 0 Å². The second-order valence-electron chi connectivity index (χ2n) is 8.78. The summed E-state index contributed by atoms with van der Waals surface area (Å²) in [5, 5.41) is 4.55. The van der Waals surface area contributed by atoms with Gasteiger partial charge in [-0.2, -0.15) is 0 Å². The van der Waals surface area contributed by atoms with E-state index in [1.54, 1.807) is 12.1 Å². The van der Waals surface area contributed by atoms with Gasteiger partial charge < -0.3 is 20.9 Å². The highest BCUT2D eigenvalue weighted by Gasteiger charge is 2.23. The first-order valence-electron chi connectivity index (χ1n) is 11.5. The molecule has 4 rings (SSSR count). The summed E-state index contributed by atoms with van der Waals surface area (Å²) in [7, 11) is 4.17. The fourth-order valence-corrected chi connectivity index (χ4v) is 4.10. The van der Waals surface area contributed by atoms with Gasteiger partial charge in [0, 0.05) is 49.4 Å². The molecule has 0 radical (unpaired) electrons. The Labute approximate surface area is 195 Å². The van der Waals surface area contributed by atoms with E-state index in [4.69, 9.17) is 15.7 Å². The molecule has 2 aromatic carbocycles. The third kappa shape index (κ3) is 5.97. The van der Waals surface area contributed by atoms with Crippen molar-refractivity contribution in [1.82, 2.24) is 24.7 Å². The molecule has 1 saturated heterocycles. The van der Waals surface area contributed by atoms with Crippen LogP contribution in [0, 0.1) is 0 Å². The summed E-state index contributed by atoms with van der Waals surface area (Å²) in [5.41, 5.74) is 8.04. The molecule has 8 nitrogen and oxygen atoms in total. The Hall–Kier alpha value is -3.23.